The van der Waals surface area contributed by atoms with E-state index in [1.54, 1.807) is 36.4 Å². The maximum Gasteiger partial charge on any atom is 0.256 e. The average molecular weight is 453 g/mol. The number of hydrogen-bond donors (Lipinski definition) is 2. The molecular weight excluding hydrogens is 432 g/mol. The predicted octanol–water partition coefficient (Wildman–Crippen LogP) is 4.57. The number of carbonyl (C=O) groups excluding carboxylic acids is 2. The Morgan fingerprint density at radius 2 is 1.78 bits per heavy atom. The van der Waals surface area contributed by atoms with E-state index >= 15 is 0 Å². The number of methoxy groups -OCH3 is 1. The minimum Gasteiger partial charge on any atom is -0.497 e. The van der Waals surface area contributed by atoms with Gasteiger partial charge in [-0.1, -0.05) is 23.7 Å². The van der Waals surface area contributed by atoms with Crippen molar-refractivity contribution in [3.8, 4) is 17.2 Å². The molecular formula is C24H21ClN2O5. The Balaban J connectivity index is 1.51. The first-order valence-electron chi connectivity index (χ1n) is 9.87. The van der Waals surface area contributed by atoms with Crippen LogP contribution in [-0.4, -0.2) is 25.7 Å². The second kappa shape index (κ2) is 9.20. The number of anilines is 1. The molecule has 0 aromatic heterocycles. The third-order valence-electron chi connectivity index (χ3n) is 5.05. The van der Waals surface area contributed by atoms with Crippen LogP contribution in [0.25, 0.3) is 0 Å². The molecule has 0 saturated carbocycles. The van der Waals surface area contributed by atoms with Crippen molar-refractivity contribution >= 4 is 29.1 Å². The molecule has 2 amide bonds. The van der Waals surface area contributed by atoms with Gasteiger partial charge in [-0.3, -0.25) is 9.59 Å². The van der Waals surface area contributed by atoms with E-state index < -0.39 is 0 Å². The van der Waals surface area contributed by atoms with Crippen LogP contribution in [0.15, 0.2) is 54.6 Å². The Morgan fingerprint density at radius 3 is 2.59 bits per heavy atom. The van der Waals surface area contributed by atoms with E-state index in [9.17, 15) is 9.59 Å². The van der Waals surface area contributed by atoms with Gasteiger partial charge in [-0.2, -0.15) is 0 Å². The molecule has 0 saturated heterocycles. The van der Waals surface area contributed by atoms with Gasteiger partial charge in [0.25, 0.3) is 11.8 Å². The lowest BCUT2D eigenvalue weighted by atomic mass is 10.1. The van der Waals surface area contributed by atoms with Crippen molar-refractivity contribution in [1.29, 1.82) is 0 Å². The fraction of sp³-hybridized carbons (Fsp3) is 0.167. The molecule has 164 valence electrons. The van der Waals surface area contributed by atoms with E-state index in [1.165, 1.54) is 13.2 Å². The molecule has 0 bridgehead atoms. The van der Waals surface area contributed by atoms with E-state index in [4.69, 9.17) is 25.8 Å². The van der Waals surface area contributed by atoms with Crippen molar-refractivity contribution in [3.05, 3.63) is 81.9 Å². The maximum atomic E-state index is 12.9. The monoisotopic (exact) mass is 452 g/mol. The Morgan fingerprint density at radius 1 is 0.969 bits per heavy atom. The fourth-order valence-corrected chi connectivity index (χ4v) is 3.48. The first-order chi connectivity index (χ1) is 15.4. The molecule has 1 aliphatic rings. The molecule has 0 aliphatic carbocycles. The van der Waals surface area contributed by atoms with Crippen molar-refractivity contribution < 1.29 is 23.8 Å². The highest BCUT2D eigenvalue weighted by molar-refractivity contribution is 6.31. The molecule has 32 heavy (non-hydrogen) atoms. The van der Waals surface area contributed by atoms with Gasteiger partial charge in [-0.15, -0.1) is 0 Å². The van der Waals surface area contributed by atoms with Gasteiger partial charge >= 0.3 is 0 Å². The molecule has 1 heterocycles. The maximum absolute atomic E-state index is 12.9. The molecule has 3 aromatic carbocycles. The summed E-state index contributed by atoms with van der Waals surface area (Å²) in [5.74, 6) is 1.16. The summed E-state index contributed by atoms with van der Waals surface area (Å²) in [6.07, 6.45) is 0. The number of halogens is 1. The molecule has 0 unspecified atom stereocenters. The van der Waals surface area contributed by atoms with Crippen molar-refractivity contribution in [1.82, 2.24) is 5.32 Å². The summed E-state index contributed by atoms with van der Waals surface area (Å²) in [6, 6.07) is 15.4. The van der Waals surface area contributed by atoms with Crippen molar-refractivity contribution in [2.45, 2.75) is 13.5 Å². The summed E-state index contributed by atoms with van der Waals surface area (Å²) < 4.78 is 15.9. The highest BCUT2D eigenvalue weighted by Crippen LogP contribution is 2.32. The first-order valence-corrected chi connectivity index (χ1v) is 10.2. The summed E-state index contributed by atoms with van der Waals surface area (Å²) in [6.45, 7) is 2.28. The smallest absolute Gasteiger partial charge is 0.256 e. The first kappa shape index (κ1) is 21.5. The lowest BCUT2D eigenvalue weighted by molar-refractivity contribution is 0.0951. The van der Waals surface area contributed by atoms with Crippen molar-refractivity contribution in [2.24, 2.45) is 0 Å². The van der Waals surface area contributed by atoms with Crippen LogP contribution in [0, 0.1) is 6.92 Å². The largest absolute Gasteiger partial charge is 0.497 e. The number of benzene rings is 3. The van der Waals surface area contributed by atoms with Crippen LogP contribution in [0.3, 0.4) is 0 Å². The van der Waals surface area contributed by atoms with Crippen LogP contribution in [-0.2, 0) is 6.54 Å². The van der Waals surface area contributed by atoms with Crippen LogP contribution in [0.2, 0.25) is 5.02 Å². The fourth-order valence-electron chi connectivity index (χ4n) is 3.30. The number of rotatable bonds is 6. The third kappa shape index (κ3) is 4.63. The third-order valence-corrected chi connectivity index (χ3v) is 5.29. The van der Waals surface area contributed by atoms with Crippen LogP contribution < -0.4 is 24.8 Å². The zero-order valence-corrected chi connectivity index (χ0v) is 18.3. The number of amides is 2. The Hall–Kier alpha value is -3.71. The summed E-state index contributed by atoms with van der Waals surface area (Å²) in [5.41, 5.74) is 2.69. The molecule has 0 spiro atoms. The number of carbonyl (C=O) groups is 2. The van der Waals surface area contributed by atoms with Gasteiger partial charge in [0.05, 0.1) is 18.4 Å². The molecule has 0 atom stereocenters. The van der Waals surface area contributed by atoms with E-state index in [0.717, 1.165) is 11.1 Å². The van der Waals surface area contributed by atoms with Gasteiger partial charge < -0.3 is 24.8 Å². The lowest BCUT2D eigenvalue weighted by Gasteiger charge is -2.14. The molecule has 1 aliphatic heterocycles. The number of aryl methyl sites for hydroxylation is 1. The van der Waals surface area contributed by atoms with Crippen LogP contribution in [0.4, 0.5) is 5.69 Å². The molecule has 4 rings (SSSR count). The summed E-state index contributed by atoms with van der Waals surface area (Å²) in [4.78, 5) is 25.8. The van der Waals surface area contributed by atoms with E-state index in [2.05, 4.69) is 10.6 Å². The Kier molecular flexibility index (Phi) is 6.18. The SMILES string of the molecule is COc1ccc(C)c(C(=O)Nc2ccc(Cl)cc2C(=O)NCc2ccc3c(c2)OCO3)c1. The number of ether oxygens (including phenoxy) is 3. The quantitative estimate of drug-likeness (QED) is 0.572. The second-order valence-electron chi connectivity index (χ2n) is 7.20. The highest BCUT2D eigenvalue weighted by atomic mass is 35.5. The number of hydrogen-bond acceptors (Lipinski definition) is 5. The zero-order chi connectivity index (χ0) is 22.7. The molecule has 7 nitrogen and oxygen atoms in total. The normalized spacial score (nSPS) is 11.7. The van der Waals surface area contributed by atoms with E-state index in [0.29, 0.717) is 33.5 Å². The van der Waals surface area contributed by atoms with Gasteiger partial charge in [0, 0.05) is 17.1 Å². The lowest BCUT2D eigenvalue weighted by Crippen LogP contribution is -2.25. The standard InChI is InChI=1S/C24H21ClN2O5/c1-14-3-6-17(30-2)11-18(14)24(29)27-20-7-5-16(25)10-19(20)23(28)26-12-15-4-8-21-22(9-15)32-13-31-21/h3-11H,12-13H2,1-2H3,(H,26,28)(H,27,29). The van der Waals surface area contributed by atoms with Gasteiger partial charge in [0.1, 0.15) is 5.75 Å². The minimum atomic E-state index is -0.372. The van der Waals surface area contributed by atoms with Gasteiger partial charge in [0.15, 0.2) is 11.5 Å². The van der Waals surface area contributed by atoms with Crippen LogP contribution in [0.1, 0.15) is 31.8 Å². The average Bonchev–Trinajstić information content (AvgIpc) is 3.27. The molecule has 0 fully saturated rings. The Bertz CT molecular complexity index is 1200. The van der Waals surface area contributed by atoms with Gasteiger partial charge in [-0.05, 0) is 60.5 Å². The van der Waals surface area contributed by atoms with E-state index in [1.807, 2.05) is 19.1 Å². The summed E-state index contributed by atoms with van der Waals surface area (Å²) in [7, 11) is 1.54. The molecule has 0 radical (unpaired) electrons. The van der Waals surface area contributed by atoms with Crippen molar-refractivity contribution in [2.75, 3.05) is 19.2 Å². The van der Waals surface area contributed by atoms with Crippen LogP contribution >= 0.6 is 11.6 Å². The highest BCUT2D eigenvalue weighted by Gasteiger charge is 2.18. The Labute approximate surface area is 190 Å². The minimum absolute atomic E-state index is 0.184. The van der Waals surface area contributed by atoms with Crippen molar-refractivity contribution in [3.63, 3.8) is 0 Å². The molecule has 8 heteroatoms. The molecule has 3 aromatic rings. The zero-order valence-electron chi connectivity index (χ0n) is 17.5. The summed E-state index contributed by atoms with van der Waals surface area (Å²) >= 11 is 6.12. The summed E-state index contributed by atoms with van der Waals surface area (Å²) in [5, 5.41) is 6.04. The topological polar surface area (TPSA) is 85.9 Å². The number of fused-ring (bicyclic) bond motifs is 1. The molecule has 2 N–H and O–H groups in total. The van der Waals surface area contributed by atoms with Gasteiger partial charge in [0.2, 0.25) is 6.79 Å². The second-order valence-corrected chi connectivity index (χ2v) is 7.63. The number of nitrogens with one attached hydrogen (secondary N) is 2. The van der Waals surface area contributed by atoms with E-state index in [-0.39, 0.29) is 30.7 Å². The van der Waals surface area contributed by atoms with Gasteiger partial charge in [-0.25, -0.2) is 0 Å². The van der Waals surface area contributed by atoms with Crippen LogP contribution in [0.5, 0.6) is 17.2 Å². The predicted molar refractivity (Wildman–Crippen MR) is 121 cm³/mol.